The van der Waals surface area contributed by atoms with Crippen molar-refractivity contribution in [2.75, 3.05) is 0 Å². The molecule has 10 heavy (non-hydrogen) atoms. The van der Waals surface area contributed by atoms with E-state index in [0.717, 1.165) is 25.7 Å². The minimum atomic E-state index is -0.553. The van der Waals surface area contributed by atoms with Gasteiger partial charge in [0.15, 0.2) is 0 Å². The molecule has 2 rings (SSSR count). The molecule has 0 aromatic carbocycles. The molecule has 58 valence electrons. The highest BCUT2D eigenvalue weighted by molar-refractivity contribution is 5.18. The molecule has 0 amide bonds. The second kappa shape index (κ2) is 1.56. The van der Waals surface area contributed by atoms with E-state index in [1.807, 2.05) is 6.92 Å². The first-order valence-electron chi connectivity index (χ1n) is 3.99. The summed E-state index contributed by atoms with van der Waals surface area (Å²) >= 11 is 0. The van der Waals surface area contributed by atoms with Crippen LogP contribution < -0.4 is 0 Å². The first-order valence-corrected chi connectivity index (χ1v) is 3.99. The molecule has 2 fully saturated rings. The van der Waals surface area contributed by atoms with Gasteiger partial charge in [-0.25, -0.2) is 0 Å². The Kier molecular flexibility index (Phi) is 1.03. The van der Waals surface area contributed by atoms with Crippen molar-refractivity contribution in [2.45, 2.75) is 44.3 Å². The van der Waals surface area contributed by atoms with Crippen LogP contribution in [0.1, 0.15) is 32.6 Å². The Balaban J connectivity index is 2.19. The van der Waals surface area contributed by atoms with Crippen molar-refractivity contribution in [3.8, 4) is 0 Å². The molecule has 0 aromatic heterocycles. The van der Waals surface area contributed by atoms with Gasteiger partial charge in [-0.1, -0.05) is 6.42 Å². The van der Waals surface area contributed by atoms with Gasteiger partial charge >= 0.3 is 0 Å². The van der Waals surface area contributed by atoms with Crippen LogP contribution in [0.5, 0.6) is 0 Å². The molecule has 0 saturated heterocycles. The van der Waals surface area contributed by atoms with Crippen LogP contribution in [0.25, 0.3) is 0 Å². The number of aliphatic hydroxyl groups excluding tert-OH is 1. The number of hydrogen-bond donors (Lipinski definition) is 2. The minimum Gasteiger partial charge on any atom is -0.392 e. The zero-order valence-electron chi connectivity index (χ0n) is 6.30. The van der Waals surface area contributed by atoms with Crippen molar-refractivity contribution < 1.29 is 10.2 Å². The van der Waals surface area contributed by atoms with Gasteiger partial charge in [-0.3, -0.25) is 0 Å². The molecule has 3 unspecified atom stereocenters. The van der Waals surface area contributed by atoms with Crippen LogP contribution in [-0.4, -0.2) is 21.9 Å². The molecule has 0 heterocycles. The predicted octanol–water partition coefficient (Wildman–Crippen LogP) is 0.672. The largest absolute Gasteiger partial charge is 0.392 e. The van der Waals surface area contributed by atoms with E-state index in [1.165, 1.54) is 0 Å². The van der Waals surface area contributed by atoms with E-state index in [-0.39, 0.29) is 11.5 Å². The molecule has 2 nitrogen and oxygen atoms in total. The van der Waals surface area contributed by atoms with Crippen molar-refractivity contribution >= 4 is 0 Å². The normalized spacial score (nSPS) is 59.7. The molecule has 1 spiro atoms. The topological polar surface area (TPSA) is 40.5 Å². The van der Waals surface area contributed by atoms with Crippen molar-refractivity contribution in [1.29, 1.82) is 0 Å². The van der Waals surface area contributed by atoms with Gasteiger partial charge in [0.2, 0.25) is 0 Å². The van der Waals surface area contributed by atoms with E-state index in [0.29, 0.717) is 0 Å². The lowest BCUT2D eigenvalue weighted by molar-refractivity contribution is 0.0420. The molecular formula is C8H14O2. The van der Waals surface area contributed by atoms with Crippen molar-refractivity contribution in [3.05, 3.63) is 0 Å². The van der Waals surface area contributed by atoms with Gasteiger partial charge in [-0.15, -0.1) is 0 Å². The van der Waals surface area contributed by atoms with Crippen LogP contribution in [0, 0.1) is 5.41 Å². The van der Waals surface area contributed by atoms with Gasteiger partial charge in [0.05, 0.1) is 11.7 Å². The number of hydrogen-bond acceptors (Lipinski definition) is 2. The van der Waals surface area contributed by atoms with E-state index >= 15 is 0 Å². The highest BCUT2D eigenvalue weighted by atomic mass is 16.3. The maximum absolute atomic E-state index is 9.59. The highest BCUT2D eigenvalue weighted by Crippen LogP contribution is 2.65. The van der Waals surface area contributed by atoms with Crippen LogP contribution in [0.15, 0.2) is 0 Å². The Morgan fingerprint density at radius 1 is 1.50 bits per heavy atom. The van der Waals surface area contributed by atoms with Crippen molar-refractivity contribution in [2.24, 2.45) is 5.41 Å². The Hall–Kier alpha value is -0.0800. The fourth-order valence-corrected chi connectivity index (χ4v) is 2.46. The molecule has 0 radical (unpaired) electrons. The summed E-state index contributed by atoms with van der Waals surface area (Å²) in [5, 5.41) is 19.1. The summed E-state index contributed by atoms with van der Waals surface area (Å²) in [4.78, 5) is 0. The van der Waals surface area contributed by atoms with Crippen LogP contribution in [0.2, 0.25) is 0 Å². The summed E-state index contributed by atoms with van der Waals surface area (Å²) in [5.41, 5.74) is -0.643. The van der Waals surface area contributed by atoms with Gasteiger partial charge in [0.25, 0.3) is 0 Å². The quantitative estimate of drug-likeness (QED) is 0.522. The molecule has 2 N–H and O–H groups in total. The summed E-state index contributed by atoms with van der Waals surface area (Å²) in [6, 6.07) is 0. The highest BCUT2D eigenvalue weighted by Gasteiger charge is 2.68. The van der Waals surface area contributed by atoms with E-state index in [4.69, 9.17) is 0 Å². The summed E-state index contributed by atoms with van der Waals surface area (Å²) in [7, 11) is 0. The summed E-state index contributed by atoms with van der Waals surface area (Å²) in [6.07, 6.45) is 3.55. The van der Waals surface area contributed by atoms with E-state index in [9.17, 15) is 10.2 Å². The summed E-state index contributed by atoms with van der Waals surface area (Å²) in [6.45, 7) is 1.83. The van der Waals surface area contributed by atoms with E-state index in [2.05, 4.69) is 0 Å². The average Bonchev–Trinajstić information content (AvgIpc) is 2.12. The molecule has 2 heteroatoms. The SMILES string of the molecule is CC1(O)CC12CCCC2O. The second-order valence-electron chi connectivity index (χ2n) is 4.01. The Morgan fingerprint density at radius 3 is 2.30 bits per heavy atom. The Labute approximate surface area is 60.9 Å². The lowest BCUT2D eigenvalue weighted by Crippen LogP contribution is -2.24. The number of rotatable bonds is 0. The standard InChI is InChI=1S/C8H14O2/c1-7(10)5-8(7)4-2-3-6(8)9/h6,9-10H,2-5H2,1H3. The zero-order valence-corrected chi connectivity index (χ0v) is 6.30. The molecular weight excluding hydrogens is 128 g/mol. The minimum absolute atomic E-state index is 0.0903. The molecule has 2 aliphatic rings. The second-order valence-corrected chi connectivity index (χ2v) is 4.01. The van der Waals surface area contributed by atoms with Crippen molar-refractivity contribution in [1.82, 2.24) is 0 Å². The fourth-order valence-electron chi connectivity index (χ4n) is 2.46. The maximum Gasteiger partial charge on any atom is 0.0708 e. The maximum atomic E-state index is 9.59. The molecule has 2 saturated carbocycles. The monoisotopic (exact) mass is 142 g/mol. The molecule has 0 bridgehead atoms. The number of aliphatic hydroxyl groups is 2. The summed E-state index contributed by atoms with van der Waals surface area (Å²) in [5.74, 6) is 0. The van der Waals surface area contributed by atoms with Crippen LogP contribution >= 0.6 is 0 Å². The van der Waals surface area contributed by atoms with Gasteiger partial charge < -0.3 is 10.2 Å². The molecule has 0 aromatic rings. The van der Waals surface area contributed by atoms with Crippen LogP contribution in [0.4, 0.5) is 0 Å². The third kappa shape index (κ3) is 0.565. The smallest absolute Gasteiger partial charge is 0.0708 e. The molecule has 2 aliphatic carbocycles. The average molecular weight is 142 g/mol. The van der Waals surface area contributed by atoms with Gasteiger partial charge in [0.1, 0.15) is 0 Å². The molecule has 3 atom stereocenters. The predicted molar refractivity (Wildman–Crippen MR) is 37.5 cm³/mol. The zero-order chi connectivity index (χ0) is 7.41. The van der Waals surface area contributed by atoms with Gasteiger partial charge in [-0.05, 0) is 26.2 Å². The first-order chi connectivity index (χ1) is 4.58. The van der Waals surface area contributed by atoms with E-state index < -0.39 is 5.60 Å². The van der Waals surface area contributed by atoms with Gasteiger partial charge in [-0.2, -0.15) is 0 Å². The third-order valence-corrected chi connectivity index (χ3v) is 3.35. The Bertz CT molecular complexity index is 161. The lowest BCUT2D eigenvalue weighted by atomic mass is 9.98. The first kappa shape index (κ1) is 6.62. The fraction of sp³-hybridized carbons (Fsp3) is 1.00. The summed E-state index contributed by atoms with van der Waals surface area (Å²) < 4.78 is 0. The Morgan fingerprint density at radius 2 is 2.10 bits per heavy atom. The van der Waals surface area contributed by atoms with Crippen LogP contribution in [0.3, 0.4) is 0 Å². The van der Waals surface area contributed by atoms with Gasteiger partial charge in [0, 0.05) is 5.41 Å². The van der Waals surface area contributed by atoms with Crippen LogP contribution in [-0.2, 0) is 0 Å². The molecule has 0 aliphatic heterocycles. The lowest BCUT2D eigenvalue weighted by Gasteiger charge is -2.16. The van der Waals surface area contributed by atoms with Crippen molar-refractivity contribution in [3.63, 3.8) is 0 Å². The van der Waals surface area contributed by atoms with E-state index in [1.54, 1.807) is 0 Å². The third-order valence-electron chi connectivity index (χ3n) is 3.35.